The Bertz CT molecular complexity index is 839. The molecule has 2 N–H and O–H groups in total. The van der Waals surface area contributed by atoms with E-state index in [0.29, 0.717) is 16.5 Å². The van der Waals surface area contributed by atoms with Crippen LogP contribution in [-0.2, 0) is 0 Å². The normalized spacial score (nSPS) is 11.0. The molecule has 0 unspecified atom stereocenters. The van der Waals surface area contributed by atoms with Crippen molar-refractivity contribution in [3.63, 3.8) is 0 Å². The minimum atomic E-state index is -1.02. The van der Waals surface area contributed by atoms with Gasteiger partial charge in [-0.25, -0.2) is 8.78 Å². The number of phenolic OH excluding ortho intramolecular Hbond substituents is 2. The Morgan fingerprint density at radius 3 is 2.14 bits per heavy atom. The van der Waals surface area contributed by atoms with Gasteiger partial charge < -0.3 is 10.2 Å². The highest BCUT2D eigenvalue weighted by Gasteiger charge is 2.12. The van der Waals surface area contributed by atoms with Gasteiger partial charge in [0.15, 0.2) is 17.4 Å². The molecule has 0 fully saturated rings. The zero-order valence-electron chi connectivity index (χ0n) is 10.6. The molecule has 0 spiro atoms. The van der Waals surface area contributed by atoms with Gasteiger partial charge in [0.05, 0.1) is 5.02 Å². The highest BCUT2D eigenvalue weighted by Crippen LogP contribution is 2.35. The van der Waals surface area contributed by atoms with Crippen LogP contribution in [0.4, 0.5) is 8.78 Å². The van der Waals surface area contributed by atoms with Crippen LogP contribution in [0.1, 0.15) is 0 Å². The van der Waals surface area contributed by atoms with Crippen LogP contribution in [0, 0.1) is 11.6 Å². The second-order valence-corrected chi connectivity index (χ2v) is 5.00. The molecule has 0 aliphatic rings. The molecule has 21 heavy (non-hydrogen) atoms. The average Bonchev–Trinajstić information content (AvgIpc) is 2.48. The number of halogens is 3. The predicted octanol–water partition coefficient (Wildman–Crippen LogP) is 4.85. The van der Waals surface area contributed by atoms with Crippen LogP contribution in [0.25, 0.3) is 21.9 Å². The Morgan fingerprint density at radius 2 is 1.48 bits per heavy atom. The molecule has 0 aromatic heterocycles. The van der Waals surface area contributed by atoms with Gasteiger partial charge in [-0.15, -0.1) is 0 Å². The van der Waals surface area contributed by atoms with Gasteiger partial charge in [-0.2, -0.15) is 0 Å². The third-order valence-corrected chi connectivity index (χ3v) is 3.68. The van der Waals surface area contributed by atoms with E-state index in [0.717, 1.165) is 17.5 Å². The van der Waals surface area contributed by atoms with Crippen molar-refractivity contribution in [1.29, 1.82) is 0 Å². The molecule has 0 saturated carbocycles. The summed E-state index contributed by atoms with van der Waals surface area (Å²) in [5.41, 5.74) is 0.871. The first kappa shape index (κ1) is 13.6. The Kier molecular flexibility index (Phi) is 3.18. The molecular formula is C16H9ClF2O2. The van der Waals surface area contributed by atoms with Gasteiger partial charge in [-0.1, -0.05) is 29.8 Å². The van der Waals surface area contributed by atoms with Crippen LogP contribution in [0.2, 0.25) is 5.02 Å². The van der Waals surface area contributed by atoms with E-state index < -0.39 is 17.4 Å². The van der Waals surface area contributed by atoms with E-state index in [-0.39, 0.29) is 10.8 Å². The maximum absolute atomic E-state index is 13.4. The minimum Gasteiger partial charge on any atom is -0.506 e. The highest BCUT2D eigenvalue weighted by molar-refractivity contribution is 6.37. The van der Waals surface area contributed by atoms with E-state index in [1.54, 1.807) is 24.3 Å². The molecule has 3 aromatic carbocycles. The summed E-state index contributed by atoms with van der Waals surface area (Å²) in [7, 11) is 0. The fourth-order valence-corrected chi connectivity index (χ4v) is 2.43. The monoisotopic (exact) mass is 306 g/mol. The molecule has 0 bridgehead atoms. The first-order chi connectivity index (χ1) is 9.97. The third-order valence-electron chi connectivity index (χ3n) is 3.28. The molecule has 5 heteroatoms. The van der Waals surface area contributed by atoms with Crippen molar-refractivity contribution in [1.82, 2.24) is 0 Å². The highest BCUT2D eigenvalue weighted by atomic mass is 35.5. The van der Waals surface area contributed by atoms with Crippen molar-refractivity contribution in [2.75, 3.05) is 0 Å². The van der Waals surface area contributed by atoms with Crippen molar-refractivity contribution in [2.24, 2.45) is 0 Å². The molecule has 0 heterocycles. The molecule has 2 nitrogen and oxygen atoms in total. The number of hydrogen-bond acceptors (Lipinski definition) is 2. The van der Waals surface area contributed by atoms with Crippen LogP contribution in [-0.4, -0.2) is 10.2 Å². The van der Waals surface area contributed by atoms with Crippen molar-refractivity contribution in [3.05, 3.63) is 59.1 Å². The summed E-state index contributed by atoms with van der Waals surface area (Å²) in [6.07, 6.45) is 0. The summed E-state index contributed by atoms with van der Waals surface area (Å²) in [5, 5.41) is 20.3. The summed E-state index contributed by atoms with van der Waals surface area (Å²) in [6.45, 7) is 0. The first-order valence-corrected chi connectivity index (χ1v) is 6.45. The van der Waals surface area contributed by atoms with E-state index in [4.69, 9.17) is 16.7 Å². The van der Waals surface area contributed by atoms with Gasteiger partial charge in [-0.05, 0) is 40.8 Å². The lowest BCUT2D eigenvalue weighted by Crippen LogP contribution is -1.87. The number of rotatable bonds is 1. The second kappa shape index (κ2) is 4.90. The summed E-state index contributed by atoms with van der Waals surface area (Å²) in [6, 6.07) is 10.2. The minimum absolute atomic E-state index is 0.0290. The standard InChI is InChI=1S/C16H9ClF2O2/c17-15-11-3-1-8(5-9(11)2-4-14(15)20)10-6-12(18)16(21)13(19)7-10/h1-7,20-21H. The van der Waals surface area contributed by atoms with Crippen molar-refractivity contribution in [2.45, 2.75) is 0 Å². The molecule has 3 aromatic rings. The summed E-state index contributed by atoms with van der Waals surface area (Å²) >= 11 is 5.99. The zero-order chi connectivity index (χ0) is 15.1. The molecular weight excluding hydrogens is 298 g/mol. The lowest BCUT2D eigenvalue weighted by Gasteiger charge is -2.08. The Hall–Kier alpha value is -2.33. The fraction of sp³-hybridized carbons (Fsp3) is 0. The van der Waals surface area contributed by atoms with E-state index in [9.17, 15) is 13.9 Å². The topological polar surface area (TPSA) is 40.5 Å². The van der Waals surface area contributed by atoms with E-state index in [1.165, 1.54) is 6.07 Å². The fourth-order valence-electron chi connectivity index (χ4n) is 2.19. The summed E-state index contributed by atoms with van der Waals surface area (Å²) in [4.78, 5) is 0. The van der Waals surface area contributed by atoms with Crippen LogP contribution < -0.4 is 0 Å². The van der Waals surface area contributed by atoms with Gasteiger partial charge in [0, 0.05) is 5.39 Å². The van der Waals surface area contributed by atoms with Gasteiger partial charge in [-0.3, -0.25) is 0 Å². The van der Waals surface area contributed by atoms with E-state index in [1.807, 2.05) is 0 Å². The number of benzene rings is 3. The van der Waals surface area contributed by atoms with Crippen LogP contribution in [0.15, 0.2) is 42.5 Å². The first-order valence-electron chi connectivity index (χ1n) is 6.07. The quantitative estimate of drug-likeness (QED) is 0.674. The predicted molar refractivity (Wildman–Crippen MR) is 77.6 cm³/mol. The lowest BCUT2D eigenvalue weighted by molar-refractivity contribution is 0.396. The maximum Gasteiger partial charge on any atom is 0.187 e. The van der Waals surface area contributed by atoms with Crippen LogP contribution in [0.3, 0.4) is 0 Å². The van der Waals surface area contributed by atoms with Gasteiger partial charge in [0.2, 0.25) is 0 Å². The molecule has 0 aliphatic carbocycles. The molecule has 0 saturated heterocycles. The molecule has 0 atom stereocenters. The SMILES string of the molecule is Oc1ccc2cc(-c3cc(F)c(O)c(F)c3)ccc2c1Cl. The molecule has 0 radical (unpaired) electrons. The molecule has 106 valence electrons. The van der Waals surface area contributed by atoms with Crippen molar-refractivity contribution in [3.8, 4) is 22.6 Å². The van der Waals surface area contributed by atoms with E-state index in [2.05, 4.69) is 0 Å². The van der Waals surface area contributed by atoms with E-state index >= 15 is 0 Å². The lowest BCUT2D eigenvalue weighted by atomic mass is 10.0. The molecule has 3 rings (SSSR count). The Balaban J connectivity index is 2.20. The van der Waals surface area contributed by atoms with Crippen LogP contribution >= 0.6 is 11.6 Å². The number of phenols is 2. The van der Waals surface area contributed by atoms with Crippen molar-refractivity contribution < 1.29 is 19.0 Å². The molecule has 0 amide bonds. The summed E-state index contributed by atoms with van der Waals surface area (Å²) < 4.78 is 26.8. The van der Waals surface area contributed by atoms with Gasteiger partial charge in [0.25, 0.3) is 0 Å². The third kappa shape index (κ3) is 2.28. The Morgan fingerprint density at radius 1 is 0.810 bits per heavy atom. The number of hydrogen-bond donors (Lipinski definition) is 2. The average molecular weight is 307 g/mol. The number of aromatic hydroxyl groups is 2. The summed E-state index contributed by atoms with van der Waals surface area (Å²) in [5.74, 6) is -3.06. The van der Waals surface area contributed by atoms with Gasteiger partial charge >= 0.3 is 0 Å². The van der Waals surface area contributed by atoms with Crippen LogP contribution in [0.5, 0.6) is 11.5 Å². The molecule has 0 aliphatic heterocycles. The Labute approximate surface area is 123 Å². The van der Waals surface area contributed by atoms with Crippen molar-refractivity contribution >= 4 is 22.4 Å². The maximum atomic E-state index is 13.4. The smallest absolute Gasteiger partial charge is 0.187 e. The largest absolute Gasteiger partial charge is 0.506 e. The number of fused-ring (bicyclic) bond motifs is 1. The van der Waals surface area contributed by atoms with Gasteiger partial charge in [0.1, 0.15) is 5.75 Å². The zero-order valence-corrected chi connectivity index (χ0v) is 11.3. The second-order valence-electron chi connectivity index (χ2n) is 4.62.